The van der Waals surface area contributed by atoms with Gasteiger partial charge in [0.05, 0.1) is 14.2 Å². The highest BCUT2D eigenvalue weighted by Crippen LogP contribution is 2.33. The number of thioether (sulfide) groups is 1. The molecule has 0 aliphatic rings. The Morgan fingerprint density at radius 1 is 1.29 bits per heavy atom. The summed E-state index contributed by atoms with van der Waals surface area (Å²) in [7, 11) is 5.35. The largest absolute Gasteiger partial charge is 0.497 e. The van der Waals surface area contributed by atoms with Crippen molar-refractivity contribution in [2.24, 2.45) is 0 Å². The van der Waals surface area contributed by atoms with Crippen LogP contribution in [0.2, 0.25) is 0 Å². The Labute approximate surface area is 108 Å². The van der Waals surface area contributed by atoms with Crippen molar-refractivity contribution in [3.8, 4) is 11.5 Å². The van der Waals surface area contributed by atoms with Gasteiger partial charge in [-0.25, -0.2) is 0 Å². The fourth-order valence-corrected chi connectivity index (χ4v) is 2.61. The van der Waals surface area contributed by atoms with Crippen LogP contribution in [0.25, 0.3) is 0 Å². The van der Waals surface area contributed by atoms with E-state index in [4.69, 9.17) is 9.47 Å². The number of hydrogen-bond donors (Lipinski definition) is 1. The molecule has 17 heavy (non-hydrogen) atoms. The van der Waals surface area contributed by atoms with Gasteiger partial charge in [-0.3, -0.25) is 0 Å². The first-order valence-corrected chi connectivity index (χ1v) is 6.96. The van der Waals surface area contributed by atoms with Gasteiger partial charge in [-0.2, -0.15) is 11.8 Å². The molecule has 0 fully saturated rings. The predicted octanol–water partition coefficient (Wildman–Crippen LogP) is 2.64. The lowest BCUT2D eigenvalue weighted by molar-refractivity contribution is 0.386. The summed E-state index contributed by atoms with van der Waals surface area (Å²) in [4.78, 5) is 0. The van der Waals surface area contributed by atoms with E-state index in [9.17, 15) is 0 Å². The van der Waals surface area contributed by atoms with Crippen molar-refractivity contribution in [2.45, 2.75) is 13.0 Å². The van der Waals surface area contributed by atoms with Gasteiger partial charge in [0.1, 0.15) is 11.5 Å². The average Bonchev–Trinajstić information content (AvgIpc) is 2.35. The zero-order valence-corrected chi connectivity index (χ0v) is 12.0. The molecule has 0 saturated carbocycles. The summed E-state index contributed by atoms with van der Waals surface area (Å²) in [5.74, 6) is 2.73. The van der Waals surface area contributed by atoms with Gasteiger partial charge < -0.3 is 14.8 Å². The second kappa shape index (κ2) is 6.77. The smallest absolute Gasteiger partial charge is 0.127 e. The summed E-state index contributed by atoms with van der Waals surface area (Å²) in [6, 6.07) is 4.28. The summed E-state index contributed by atoms with van der Waals surface area (Å²) in [6.07, 6.45) is 2.11. The summed E-state index contributed by atoms with van der Waals surface area (Å²) < 4.78 is 10.7. The first-order chi connectivity index (χ1) is 8.17. The van der Waals surface area contributed by atoms with Gasteiger partial charge in [0.15, 0.2) is 0 Å². The molecule has 0 bridgehead atoms. The second-order valence-corrected chi connectivity index (χ2v) is 4.77. The minimum absolute atomic E-state index is 0.297. The van der Waals surface area contributed by atoms with E-state index < -0.39 is 0 Å². The molecule has 0 spiro atoms. The van der Waals surface area contributed by atoms with Gasteiger partial charge in [0, 0.05) is 23.4 Å². The van der Waals surface area contributed by atoms with Crippen molar-refractivity contribution in [1.29, 1.82) is 0 Å². The van der Waals surface area contributed by atoms with Crippen LogP contribution >= 0.6 is 11.8 Å². The molecule has 3 nitrogen and oxygen atoms in total. The van der Waals surface area contributed by atoms with Crippen molar-refractivity contribution < 1.29 is 9.47 Å². The van der Waals surface area contributed by atoms with E-state index in [1.807, 2.05) is 30.9 Å². The Morgan fingerprint density at radius 2 is 2.00 bits per heavy atom. The molecule has 4 heteroatoms. The van der Waals surface area contributed by atoms with Crippen molar-refractivity contribution >= 4 is 11.8 Å². The van der Waals surface area contributed by atoms with Gasteiger partial charge >= 0.3 is 0 Å². The molecule has 0 amide bonds. The van der Waals surface area contributed by atoms with Crippen LogP contribution in [-0.4, -0.2) is 33.3 Å². The van der Waals surface area contributed by atoms with E-state index in [2.05, 4.69) is 18.5 Å². The van der Waals surface area contributed by atoms with E-state index in [1.54, 1.807) is 14.2 Å². The Hall–Kier alpha value is -0.870. The van der Waals surface area contributed by atoms with Crippen LogP contribution in [0.15, 0.2) is 12.1 Å². The number of ether oxygens (including phenoxy) is 2. The molecule has 0 radical (unpaired) electrons. The molecule has 0 heterocycles. The normalized spacial score (nSPS) is 12.3. The molecule has 1 aromatic carbocycles. The van der Waals surface area contributed by atoms with E-state index in [-0.39, 0.29) is 0 Å². The van der Waals surface area contributed by atoms with E-state index in [1.165, 1.54) is 11.1 Å². The minimum Gasteiger partial charge on any atom is -0.497 e. The Morgan fingerprint density at radius 3 is 2.47 bits per heavy atom. The predicted molar refractivity (Wildman–Crippen MR) is 74.5 cm³/mol. The third kappa shape index (κ3) is 3.30. The van der Waals surface area contributed by atoms with Crippen LogP contribution < -0.4 is 14.8 Å². The van der Waals surface area contributed by atoms with Crippen molar-refractivity contribution in [2.75, 3.05) is 33.3 Å². The Bertz CT molecular complexity index is 369. The van der Waals surface area contributed by atoms with Gasteiger partial charge in [-0.1, -0.05) is 0 Å². The first-order valence-electron chi connectivity index (χ1n) is 5.56. The third-order valence-corrected chi connectivity index (χ3v) is 3.47. The van der Waals surface area contributed by atoms with Crippen LogP contribution in [-0.2, 0) is 0 Å². The van der Waals surface area contributed by atoms with Crippen LogP contribution in [0.5, 0.6) is 11.5 Å². The minimum atomic E-state index is 0.297. The number of methoxy groups -OCH3 is 2. The fraction of sp³-hybridized carbons (Fsp3) is 0.538. The molecule has 96 valence electrons. The number of aryl methyl sites for hydroxylation is 1. The lowest BCUT2D eigenvalue weighted by Gasteiger charge is -2.21. The number of rotatable bonds is 6. The van der Waals surface area contributed by atoms with Gasteiger partial charge in [0.2, 0.25) is 0 Å². The highest BCUT2D eigenvalue weighted by atomic mass is 32.2. The van der Waals surface area contributed by atoms with Gasteiger partial charge in [-0.05, 0) is 31.9 Å². The second-order valence-electron chi connectivity index (χ2n) is 3.86. The van der Waals surface area contributed by atoms with Crippen LogP contribution in [0, 0.1) is 6.92 Å². The monoisotopic (exact) mass is 255 g/mol. The SMILES string of the molecule is CNC(CSC)c1c(C)cc(OC)cc1OC. The molecule has 1 aromatic rings. The Kier molecular flexibility index (Phi) is 5.65. The summed E-state index contributed by atoms with van der Waals surface area (Å²) in [6.45, 7) is 2.09. The molecular formula is C13H21NO2S. The van der Waals surface area contributed by atoms with E-state index in [0.717, 1.165) is 17.3 Å². The van der Waals surface area contributed by atoms with Crippen LogP contribution in [0.4, 0.5) is 0 Å². The van der Waals surface area contributed by atoms with Gasteiger partial charge in [-0.15, -0.1) is 0 Å². The standard InChI is InChI=1S/C13H21NO2S/c1-9-6-10(15-3)7-12(16-4)13(9)11(14-2)8-17-5/h6-7,11,14H,8H2,1-5H3. The molecule has 1 rings (SSSR count). The maximum atomic E-state index is 5.47. The quantitative estimate of drug-likeness (QED) is 0.846. The molecule has 1 atom stereocenters. The summed E-state index contributed by atoms with van der Waals surface area (Å²) in [5, 5.41) is 3.33. The average molecular weight is 255 g/mol. The molecule has 1 N–H and O–H groups in total. The maximum absolute atomic E-state index is 5.47. The Balaban J connectivity index is 3.20. The molecule has 1 unspecified atom stereocenters. The summed E-state index contributed by atoms with van der Waals surface area (Å²) in [5.41, 5.74) is 2.40. The topological polar surface area (TPSA) is 30.5 Å². The lowest BCUT2D eigenvalue weighted by atomic mass is 10.0. The molecular weight excluding hydrogens is 234 g/mol. The lowest BCUT2D eigenvalue weighted by Crippen LogP contribution is -2.20. The highest BCUT2D eigenvalue weighted by Gasteiger charge is 2.17. The zero-order valence-electron chi connectivity index (χ0n) is 11.2. The van der Waals surface area contributed by atoms with Crippen molar-refractivity contribution in [1.82, 2.24) is 5.32 Å². The van der Waals surface area contributed by atoms with E-state index >= 15 is 0 Å². The molecule has 0 aliphatic carbocycles. The fourth-order valence-electron chi connectivity index (χ4n) is 1.95. The zero-order chi connectivity index (χ0) is 12.8. The van der Waals surface area contributed by atoms with Crippen molar-refractivity contribution in [3.05, 3.63) is 23.3 Å². The van der Waals surface area contributed by atoms with Crippen LogP contribution in [0.1, 0.15) is 17.2 Å². The third-order valence-electron chi connectivity index (χ3n) is 2.81. The first kappa shape index (κ1) is 14.2. The number of nitrogens with one attached hydrogen (secondary N) is 1. The van der Waals surface area contributed by atoms with Crippen LogP contribution in [0.3, 0.4) is 0 Å². The molecule has 0 aromatic heterocycles. The number of benzene rings is 1. The maximum Gasteiger partial charge on any atom is 0.127 e. The summed E-state index contributed by atoms with van der Waals surface area (Å²) >= 11 is 1.82. The van der Waals surface area contributed by atoms with Crippen molar-refractivity contribution in [3.63, 3.8) is 0 Å². The van der Waals surface area contributed by atoms with Gasteiger partial charge in [0.25, 0.3) is 0 Å². The van der Waals surface area contributed by atoms with E-state index in [0.29, 0.717) is 6.04 Å². The molecule has 0 saturated heterocycles. The highest BCUT2D eigenvalue weighted by molar-refractivity contribution is 7.98. The molecule has 0 aliphatic heterocycles. The number of hydrogen-bond acceptors (Lipinski definition) is 4.